The second kappa shape index (κ2) is 4.18. The molecule has 0 aliphatic heterocycles. The van der Waals surface area contributed by atoms with Gasteiger partial charge in [-0.1, -0.05) is 0 Å². The van der Waals surface area contributed by atoms with Gasteiger partial charge in [-0.3, -0.25) is 0 Å². The van der Waals surface area contributed by atoms with Crippen LogP contribution in [0.4, 0.5) is 5.69 Å². The first-order valence-electron chi connectivity index (χ1n) is 5.09. The van der Waals surface area contributed by atoms with Crippen molar-refractivity contribution in [3.8, 4) is 0 Å². The van der Waals surface area contributed by atoms with Crippen LogP contribution in [0.15, 0.2) is 27.4 Å². The molecule has 0 aliphatic carbocycles. The van der Waals surface area contributed by atoms with Crippen molar-refractivity contribution in [1.82, 2.24) is 0 Å². The Bertz CT molecular complexity index is 661. The second-order valence-electron chi connectivity index (χ2n) is 3.90. The normalized spacial score (nSPS) is 10.5. The highest BCUT2D eigenvalue weighted by Gasteiger charge is 2.07. The van der Waals surface area contributed by atoms with E-state index in [-0.39, 0.29) is 10.7 Å². The van der Waals surface area contributed by atoms with Crippen molar-refractivity contribution in [3.05, 3.63) is 39.7 Å². The Morgan fingerprint density at radius 3 is 2.65 bits per heavy atom. The lowest BCUT2D eigenvalue weighted by molar-refractivity contribution is 0.559. The molecule has 0 fully saturated rings. The van der Waals surface area contributed by atoms with Gasteiger partial charge in [-0.05, 0) is 49.3 Å². The monoisotopic (exact) mass is 248 g/mol. The van der Waals surface area contributed by atoms with E-state index in [0.29, 0.717) is 5.58 Å². The molecule has 1 aromatic heterocycles. The topological polar surface area (TPSA) is 68.3 Å². The second-order valence-corrected chi connectivity index (χ2v) is 4.34. The summed E-state index contributed by atoms with van der Waals surface area (Å²) < 4.78 is 5.14. The Hall–Kier alpha value is -1.88. The quantitative estimate of drug-likeness (QED) is 0.597. The van der Waals surface area contributed by atoms with Crippen molar-refractivity contribution in [2.75, 3.05) is 5.32 Å². The van der Waals surface area contributed by atoms with Gasteiger partial charge >= 0.3 is 5.63 Å². The summed E-state index contributed by atoms with van der Waals surface area (Å²) in [6.45, 7) is 3.75. The summed E-state index contributed by atoms with van der Waals surface area (Å²) >= 11 is 4.81. The Labute approximate surface area is 103 Å². The van der Waals surface area contributed by atoms with E-state index in [9.17, 15) is 4.79 Å². The minimum absolute atomic E-state index is 0.211. The number of fused-ring (bicyclic) bond motifs is 1. The van der Waals surface area contributed by atoms with Crippen LogP contribution in [-0.4, -0.2) is 5.11 Å². The zero-order chi connectivity index (χ0) is 12.6. The molecule has 0 aliphatic rings. The lowest BCUT2D eigenvalue weighted by Gasteiger charge is -2.09. The molecule has 17 heavy (non-hydrogen) atoms. The predicted octanol–water partition coefficient (Wildman–Crippen LogP) is 2.07. The van der Waals surface area contributed by atoms with Crippen LogP contribution in [0.3, 0.4) is 0 Å². The maximum absolute atomic E-state index is 11.3. The summed E-state index contributed by atoms with van der Waals surface area (Å²) in [5, 5.41) is 3.98. The van der Waals surface area contributed by atoms with Gasteiger partial charge in [0.25, 0.3) is 0 Å². The van der Waals surface area contributed by atoms with Crippen LogP contribution in [0, 0.1) is 13.8 Å². The van der Waals surface area contributed by atoms with Crippen molar-refractivity contribution in [3.63, 3.8) is 0 Å². The molecule has 0 amide bonds. The number of rotatable bonds is 1. The average molecular weight is 248 g/mol. The molecule has 2 rings (SSSR count). The molecule has 4 nitrogen and oxygen atoms in total. The number of anilines is 1. The summed E-state index contributed by atoms with van der Waals surface area (Å²) in [5.74, 6) is 0. The number of hydrogen-bond donors (Lipinski definition) is 2. The maximum Gasteiger partial charge on any atom is 0.336 e. The number of nitrogens with two attached hydrogens (primary N) is 1. The molecule has 0 saturated heterocycles. The van der Waals surface area contributed by atoms with Crippen molar-refractivity contribution in [2.24, 2.45) is 5.73 Å². The Morgan fingerprint density at radius 2 is 2.00 bits per heavy atom. The summed E-state index contributed by atoms with van der Waals surface area (Å²) in [7, 11) is 0. The Balaban J connectivity index is 2.71. The van der Waals surface area contributed by atoms with E-state index in [0.717, 1.165) is 22.2 Å². The average Bonchev–Trinajstić information content (AvgIpc) is 2.19. The molecule has 0 spiro atoms. The number of aryl methyl sites for hydroxylation is 2. The summed E-state index contributed by atoms with van der Waals surface area (Å²) in [6, 6.07) is 5.13. The van der Waals surface area contributed by atoms with Crippen LogP contribution < -0.4 is 16.7 Å². The fraction of sp³-hybridized carbons (Fsp3) is 0.167. The predicted molar refractivity (Wildman–Crippen MR) is 72.4 cm³/mol. The van der Waals surface area contributed by atoms with Gasteiger partial charge in [0.2, 0.25) is 0 Å². The molecule has 0 radical (unpaired) electrons. The minimum atomic E-state index is -0.343. The van der Waals surface area contributed by atoms with Gasteiger partial charge in [-0.25, -0.2) is 4.79 Å². The lowest BCUT2D eigenvalue weighted by Crippen LogP contribution is -2.19. The number of nitrogens with one attached hydrogen (secondary N) is 1. The van der Waals surface area contributed by atoms with Crippen molar-refractivity contribution >= 4 is 34.0 Å². The molecular weight excluding hydrogens is 236 g/mol. The highest BCUT2D eigenvalue weighted by atomic mass is 32.1. The van der Waals surface area contributed by atoms with Crippen LogP contribution in [0.25, 0.3) is 11.0 Å². The van der Waals surface area contributed by atoms with Gasteiger partial charge in [0, 0.05) is 17.1 Å². The van der Waals surface area contributed by atoms with Gasteiger partial charge in [0.15, 0.2) is 5.11 Å². The highest BCUT2D eigenvalue weighted by Crippen LogP contribution is 2.24. The molecule has 88 valence electrons. The van der Waals surface area contributed by atoms with E-state index >= 15 is 0 Å². The van der Waals surface area contributed by atoms with Crippen LogP contribution >= 0.6 is 12.2 Å². The highest BCUT2D eigenvalue weighted by molar-refractivity contribution is 7.80. The van der Waals surface area contributed by atoms with Gasteiger partial charge in [-0.2, -0.15) is 0 Å². The van der Waals surface area contributed by atoms with Crippen molar-refractivity contribution in [1.29, 1.82) is 0 Å². The third-order valence-corrected chi connectivity index (χ3v) is 2.66. The van der Waals surface area contributed by atoms with Gasteiger partial charge < -0.3 is 15.5 Å². The largest absolute Gasteiger partial charge is 0.423 e. The van der Waals surface area contributed by atoms with Crippen LogP contribution in [0.5, 0.6) is 0 Å². The zero-order valence-corrected chi connectivity index (χ0v) is 10.4. The molecule has 5 heteroatoms. The number of benzene rings is 1. The van der Waals surface area contributed by atoms with E-state index in [4.69, 9.17) is 22.4 Å². The molecule has 0 bridgehead atoms. The molecule has 0 unspecified atom stereocenters. The molecule has 1 aromatic carbocycles. The van der Waals surface area contributed by atoms with E-state index in [1.165, 1.54) is 6.07 Å². The number of hydrogen-bond acceptors (Lipinski definition) is 3. The maximum atomic E-state index is 11.3. The van der Waals surface area contributed by atoms with Gasteiger partial charge in [0.1, 0.15) is 5.58 Å². The third kappa shape index (κ3) is 2.29. The molecular formula is C12H12N2O2S. The molecule has 2 aromatic rings. The van der Waals surface area contributed by atoms with Crippen molar-refractivity contribution in [2.45, 2.75) is 13.8 Å². The van der Waals surface area contributed by atoms with Crippen LogP contribution in [-0.2, 0) is 0 Å². The number of thiocarbonyl (C=S) groups is 1. The smallest absolute Gasteiger partial charge is 0.336 e. The molecule has 3 N–H and O–H groups in total. The minimum Gasteiger partial charge on any atom is -0.423 e. The summed E-state index contributed by atoms with van der Waals surface area (Å²) in [4.78, 5) is 11.3. The van der Waals surface area contributed by atoms with Gasteiger partial charge in [-0.15, -0.1) is 0 Å². The van der Waals surface area contributed by atoms with E-state index in [2.05, 4.69) is 5.32 Å². The SMILES string of the molecule is Cc1cc2oc(=O)cc(C)c2cc1NC(N)=S. The van der Waals surface area contributed by atoms with Crippen LogP contribution in [0.2, 0.25) is 0 Å². The fourth-order valence-corrected chi connectivity index (χ4v) is 1.84. The molecule has 1 heterocycles. The Kier molecular flexibility index (Phi) is 2.85. The fourth-order valence-electron chi connectivity index (χ4n) is 1.73. The lowest BCUT2D eigenvalue weighted by atomic mass is 10.1. The Morgan fingerprint density at radius 1 is 1.29 bits per heavy atom. The van der Waals surface area contributed by atoms with E-state index < -0.39 is 0 Å². The van der Waals surface area contributed by atoms with E-state index in [1.54, 1.807) is 6.07 Å². The first-order chi connectivity index (χ1) is 7.97. The molecule has 0 saturated carbocycles. The summed E-state index contributed by atoms with van der Waals surface area (Å²) in [5.41, 5.74) is 8.27. The van der Waals surface area contributed by atoms with Gasteiger partial charge in [0.05, 0.1) is 0 Å². The van der Waals surface area contributed by atoms with E-state index in [1.807, 2.05) is 19.9 Å². The first-order valence-corrected chi connectivity index (χ1v) is 5.50. The first kappa shape index (κ1) is 11.6. The zero-order valence-electron chi connectivity index (χ0n) is 9.53. The standard InChI is InChI=1S/C12H12N2O2S/c1-6-4-11(15)16-10-3-7(2)9(5-8(6)10)14-12(13)17/h3-5H,1-2H3,(H3,13,14,17). The third-order valence-electron chi connectivity index (χ3n) is 2.55. The summed E-state index contributed by atoms with van der Waals surface area (Å²) in [6.07, 6.45) is 0. The van der Waals surface area contributed by atoms with Crippen molar-refractivity contribution < 1.29 is 4.42 Å². The molecule has 0 atom stereocenters. The van der Waals surface area contributed by atoms with Crippen LogP contribution in [0.1, 0.15) is 11.1 Å².